The van der Waals surface area contributed by atoms with Gasteiger partial charge < -0.3 is 4.74 Å². The molecule has 3 nitrogen and oxygen atoms in total. The van der Waals surface area contributed by atoms with Gasteiger partial charge >= 0.3 is 5.97 Å². The van der Waals surface area contributed by atoms with Gasteiger partial charge in [0, 0.05) is 17.5 Å². The SMILES string of the molecule is CN1CCC2CCC(OC(=O)c3ccc(Cl)cc3)=C[C@@H]21. The number of likely N-dealkylation sites (tertiary alicyclic amines) is 1. The normalized spacial score (nSPS) is 26.0. The molecule has 0 amide bonds. The molecular weight excluding hydrogens is 274 g/mol. The Hall–Kier alpha value is -1.32. The van der Waals surface area contributed by atoms with E-state index < -0.39 is 0 Å². The molecule has 1 aliphatic carbocycles. The number of nitrogens with zero attached hydrogens (tertiary/aromatic N) is 1. The van der Waals surface area contributed by atoms with Crippen molar-refractivity contribution in [2.24, 2.45) is 5.92 Å². The first-order valence-corrected chi connectivity index (χ1v) is 7.40. The highest BCUT2D eigenvalue weighted by Gasteiger charge is 2.33. The molecule has 1 unspecified atom stereocenters. The van der Waals surface area contributed by atoms with Gasteiger partial charge in [-0.2, -0.15) is 0 Å². The maximum absolute atomic E-state index is 12.1. The molecule has 4 heteroatoms. The van der Waals surface area contributed by atoms with Gasteiger partial charge in [-0.3, -0.25) is 4.90 Å². The van der Waals surface area contributed by atoms with Crippen LogP contribution in [0.4, 0.5) is 0 Å². The number of carbonyl (C=O) groups excluding carboxylic acids is 1. The summed E-state index contributed by atoms with van der Waals surface area (Å²) < 4.78 is 5.53. The van der Waals surface area contributed by atoms with Crippen molar-refractivity contribution in [1.29, 1.82) is 0 Å². The van der Waals surface area contributed by atoms with E-state index in [-0.39, 0.29) is 5.97 Å². The number of benzene rings is 1. The van der Waals surface area contributed by atoms with E-state index in [0.29, 0.717) is 16.6 Å². The largest absolute Gasteiger partial charge is 0.428 e. The molecule has 0 N–H and O–H groups in total. The maximum Gasteiger partial charge on any atom is 0.343 e. The Balaban J connectivity index is 1.70. The molecule has 106 valence electrons. The van der Waals surface area contributed by atoms with Gasteiger partial charge in [0.25, 0.3) is 0 Å². The molecule has 0 aromatic heterocycles. The number of likely N-dealkylation sites (N-methyl/N-ethyl adjacent to an activating group) is 1. The molecule has 0 radical (unpaired) electrons. The van der Waals surface area contributed by atoms with E-state index in [2.05, 4.69) is 18.0 Å². The lowest BCUT2D eigenvalue weighted by atomic mass is 9.89. The Morgan fingerprint density at radius 1 is 1.30 bits per heavy atom. The summed E-state index contributed by atoms with van der Waals surface area (Å²) in [6, 6.07) is 7.22. The second-order valence-electron chi connectivity index (χ2n) is 5.59. The minimum Gasteiger partial charge on any atom is -0.428 e. The third-order valence-electron chi connectivity index (χ3n) is 4.27. The Morgan fingerprint density at radius 2 is 2.05 bits per heavy atom. The second-order valence-corrected chi connectivity index (χ2v) is 6.02. The predicted molar refractivity (Wildman–Crippen MR) is 78.7 cm³/mol. The van der Waals surface area contributed by atoms with Crippen molar-refractivity contribution in [2.45, 2.75) is 25.3 Å². The fourth-order valence-electron chi connectivity index (χ4n) is 3.08. The van der Waals surface area contributed by atoms with Crippen LogP contribution in [0.25, 0.3) is 0 Å². The zero-order valence-electron chi connectivity index (χ0n) is 11.5. The Kier molecular flexibility index (Phi) is 3.81. The van der Waals surface area contributed by atoms with E-state index in [1.807, 2.05) is 0 Å². The number of hydrogen-bond donors (Lipinski definition) is 0. The molecule has 3 rings (SSSR count). The van der Waals surface area contributed by atoms with Crippen LogP contribution < -0.4 is 0 Å². The molecule has 0 saturated carbocycles. The van der Waals surface area contributed by atoms with Crippen LogP contribution in [0.1, 0.15) is 29.6 Å². The highest BCUT2D eigenvalue weighted by Crippen LogP contribution is 2.34. The van der Waals surface area contributed by atoms with E-state index in [1.165, 1.54) is 6.42 Å². The molecule has 2 aliphatic rings. The van der Waals surface area contributed by atoms with Crippen LogP contribution in [0.5, 0.6) is 0 Å². The first-order chi connectivity index (χ1) is 9.63. The predicted octanol–water partition coefficient (Wildman–Crippen LogP) is 3.49. The number of allylic oxidation sites excluding steroid dienone is 1. The summed E-state index contributed by atoms with van der Waals surface area (Å²) in [6.07, 6.45) is 5.33. The molecule has 1 saturated heterocycles. The number of esters is 1. The summed E-state index contributed by atoms with van der Waals surface area (Å²) in [6.45, 7) is 1.13. The number of halogens is 1. The Morgan fingerprint density at radius 3 is 2.80 bits per heavy atom. The third kappa shape index (κ3) is 2.74. The van der Waals surface area contributed by atoms with Crippen LogP contribution in [-0.4, -0.2) is 30.5 Å². The van der Waals surface area contributed by atoms with Gasteiger partial charge in [0.1, 0.15) is 5.76 Å². The Labute approximate surface area is 124 Å². The summed E-state index contributed by atoms with van der Waals surface area (Å²) in [7, 11) is 2.13. The summed E-state index contributed by atoms with van der Waals surface area (Å²) in [5, 5.41) is 0.619. The number of fused-ring (bicyclic) bond motifs is 1. The summed E-state index contributed by atoms with van der Waals surface area (Å²) in [5.74, 6) is 1.23. The van der Waals surface area contributed by atoms with Gasteiger partial charge in [-0.05, 0) is 62.7 Å². The van der Waals surface area contributed by atoms with E-state index in [0.717, 1.165) is 31.1 Å². The maximum atomic E-state index is 12.1. The van der Waals surface area contributed by atoms with Crippen molar-refractivity contribution in [3.8, 4) is 0 Å². The molecule has 1 fully saturated rings. The summed E-state index contributed by atoms with van der Waals surface area (Å²) in [4.78, 5) is 14.4. The molecule has 0 spiro atoms. The molecule has 2 atom stereocenters. The topological polar surface area (TPSA) is 29.5 Å². The van der Waals surface area contributed by atoms with Crippen LogP contribution in [-0.2, 0) is 4.74 Å². The van der Waals surface area contributed by atoms with Crippen molar-refractivity contribution in [3.63, 3.8) is 0 Å². The summed E-state index contributed by atoms with van der Waals surface area (Å²) >= 11 is 5.82. The van der Waals surface area contributed by atoms with Crippen LogP contribution in [0, 0.1) is 5.92 Å². The lowest BCUT2D eigenvalue weighted by Crippen LogP contribution is -2.30. The average molecular weight is 292 g/mol. The van der Waals surface area contributed by atoms with E-state index in [1.54, 1.807) is 24.3 Å². The minimum atomic E-state index is -0.299. The first kappa shape index (κ1) is 13.7. The molecule has 1 aliphatic heterocycles. The molecule has 20 heavy (non-hydrogen) atoms. The third-order valence-corrected chi connectivity index (χ3v) is 4.52. The van der Waals surface area contributed by atoms with Crippen LogP contribution in [0.2, 0.25) is 5.02 Å². The van der Waals surface area contributed by atoms with Gasteiger partial charge in [-0.1, -0.05) is 11.6 Å². The van der Waals surface area contributed by atoms with Gasteiger partial charge in [0.05, 0.1) is 5.56 Å². The van der Waals surface area contributed by atoms with Crippen molar-refractivity contribution in [2.75, 3.05) is 13.6 Å². The first-order valence-electron chi connectivity index (χ1n) is 7.02. The molecule has 1 aromatic carbocycles. The number of rotatable bonds is 2. The van der Waals surface area contributed by atoms with E-state index >= 15 is 0 Å². The van der Waals surface area contributed by atoms with Gasteiger partial charge in [-0.25, -0.2) is 4.79 Å². The number of hydrogen-bond acceptors (Lipinski definition) is 3. The number of ether oxygens (including phenoxy) is 1. The van der Waals surface area contributed by atoms with Crippen LogP contribution in [0.15, 0.2) is 36.1 Å². The fourth-order valence-corrected chi connectivity index (χ4v) is 3.20. The highest BCUT2D eigenvalue weighted by molar-refractivity contribution is 6.30. The van der Waals surface area contributed by atoms with Crippen LogP contribution >= 0.6 is 11.6 Å². The van der Waals surface area contributed by atoms with Crippen LogP contribution in [0.3, 0.4) is 0 Å². The summed E-state index contributed by atoms with van der Waals surface area (Å²) in [5.41, 5.74) is 0.539. The highest BCUT2D eigenvalue weighted by atomic mass is 35.5. The fraction of sp³-hybridized carbons (Fsp3) is 0.438. The second kappa shape index (κ2) is 5.58. The smallest absolute Gasteiger partial charge is 0.343 e. The van der Waals surface area contributed by atoms with Gasteiger partial charge in [0.2, 0.25) is 0 Å². The number of carbonyl (C=O) groups is 1. The van der Waals surface area contributed by atoms with Gasteiger partial charge in [0.15, 0.2) is 0 Å². The lowest BCUT2D eigenvalue weighted by molar-refractivity contribution is 0.0598. The average Bonchev–Trinajstić information content (AvgIpc) is 2.81. The Bertz CT molecular complexity index is 538. The van der Waals surface area contributed by atoms with Crippen molar-refractivity contribution in [3.05, 3.63) is 46.7 Å². The molecule has 0 bridgehead atoms. The standard InChI is InChI=1S/C16H18ClNO2/c1-18-9-8-11-4-7-14(10-15(11)18)20-16(19)12-2-5-13(17)6-3-12/h2-3,5-6,10-11,15H,4,7-9H2,1H3/t11?,15-/m0/s1. The van der Waals surface area contributed by atoms with E-state index in [9.17, 15) is 4.79 Å². The zero-order valence-corrected chi connectivity index (χ0v) is 12.3. The van der Waals surface area contributed by atoms with Gasteiger partial charge in [-0.15, -0.1) is 0 Å². The lowest BCUT2D eigenvalue weighted by Gasteiger charge is -2.27. The monoisotopic (exact) mass is 291 g/mol. The zero-order chi connectivity index (χ0) is 14.1. The molecule has 1 heterocycles. The van der Waals surface area contributed by atoms with Crippen molar-refractivity contribution < 1.29 is 9.53 Å². The van der Waals surface area contributed by atoms with E-state index in [4.69, 9.17) is 16.3 Å². The minimum absolute atomic E-state index is 0.299. The molecule has 1 aromatic rings. The molecular formula is C16H18ClNO2. The quantitative estimate of drug-likeness (QED) is 0.781. The van der Waals surface area contributed by atoms with Crippen molar-refractivity contribution in [1.82, 2.24) is 4.90 Å². The van der Waals surface area contributed by atoms with Crippen molar-refractivity contribution >= 4 is 17.6 Å².